The van der Waals surface area contributed by atoms with Gasteiger partial charge in [0.1, 0.15) is 5.82 Å². The van der Waals surface area contributed by atoms with Crippen molar-refractivity contribution in [2.45, 2.75) is 0 Å². The summed E-state index contributed by atoms with van der Waals surface area (Å²) in [7, 11) is 0. The van der Waals surface area contributed by atoms with E-state index in [1.807, 2.05) is 36.4 Å². The predicted octanol–water partition coefficient (Wildman–Crippen LogP) is 4.69. The highest BCUT2D eigenvalue weighted by atomic mass is 35.5. The summed E-state index contributed by atoms with van der Waals surface area (Å²) in [6.45, 7) is 0. The lowest BCUT2D eigenvalue weighted by Crippen LogP contribution is -1.86. The predicted molar refractivity (Wildman–Crippen MR) is 72.1 cm³/mol. The topological polar surface area (TPSA) is 12.9 Å². The van der Waals surface area contributed by atoms with Crippen molar-refractivity contribution in [3.63, 3.8) is 0 Å². The Morgan fingerprint density at radius 2 is 1.83 bits per heavy atom. The fraction of sp³-hybridized carbons (Fsp3) is 0. The number of rotatable bonds is 1. The molecule has 2 aromatic carbocycles. The first-order valence-electron chi connectivity index (χ1n) is 5.55. The maximum atomic E-state index is 13.1. The third-order valence-corrected chi connectivity index (χ3v) is 3.01. The van der Waals surface area contributed by atoms with E-state index in [0.717, 1.165) is 22.2 Å². The first-order chi connectivity index (χ1) is 8.72. The van der Waals surface area contributed by atoms with E-state index in [4.69, 9.17) is 11.6 Å². The quantitative estimate of drug-likeness (QED) is 0.616. The number of hydrogen-bond acceptors (Lipinski definition) is 1. The Kier molecular flexibility index (Phi) is 2.73. The van der Waals surface area contributed by atoms with Crippen LogP contribution in [0.5, 0.6) is 0 Å². The molecule has 18 heavy (non-hydrogen) atoms. The summed E-state index contributed by atoms with van der Waals surface area (Å²) in [5.41, 5.74) is 2.55. The Morgan fingerprint density at radius 3 is 2.67 bits per heavy atom. The van der Waals surface area contributed by atoms with Crippen LogP contribution in [0, 0.1) is 5.82 Å². The molecule has 3 aromatic rings. The van der Waals surface area contributed by atoms with Crippen LogP contribution >= 0.6 is 11.6 Å². The van der Waals surface area contributed by atoms with Crippen molar-refractivity contribution in [3.8, 4) is 11.3 Å². The molecule has 0 aliphatic carbocycles. The van der Waals surface area contributed by atoms with Gasteiger partial charge in [0, 0.05) is 16.0 Å². The van der Waals surface area contributed by atoms with Crippen molar-refractivity contribution < 1.29 is 4.39 Å². The van der Waals surface area contributed by atoms with Gasteiger partial charge in [0.25, 0.3) is 0 Å². The van der Waals surface area contributed by atoms with Gasteiger partial charge in [-0.05, 0) is 36.4 Å². The van der Waals surface area contributed by atoms with Gasteiger partial charge >= 0.3 is 0 Å². The van der Waals surface area contributed by atoms with E-state index in [1.165, 1.54) is 12.1 Å². The summed E-state index contributed by atoms with van der Waals surface area (Å²) in [6, 6.07) is 15.8. The largest absolute Gasteiger partial charge is 0.248 e. The zero-order valence-corrected chi connectivity index (χ0v) is 10.2. The second-order valence-electron chi connectivity index (χ2n) is 4.04. The molecule has 0 saturated carbocycles. The van der Waals surface area contributed by atoms with Crippen molar-refractivity contribution in [3.05, 3.63) is 65.4 Å². The van der Waals surface area contributed by atoms with Crippen molar-refractivity contribution in [1.82, 2.24) is 4.98 Å². The fourth-order valence-electron chi connectivity index (χ4n) is 1.91. The molecular weight excluding hydrogens is 249 g/mol. The summed E-state index contributed by atoms with van der Waals surface area (Å²) < 4.78 is 13.1. The standard InChI is InChI=1S/C15H9ClFN/c16-12-3-1-2-10(8-12)14-6-4-11-9-13(17)5-7-15(11)18-14/h1-9H. The summed E-state index contributed by atoms with van der Waals surface area (Å²) in [5, 5.41) is 1.47. The third-order valence-electron chi connectivity index (χ3n) is 2.77. The zero-order valence-electron chi connectivity index (χ0n) is 9.40. The molecule has 1 heterocycles. The number of pyridine rings is 1. The molecule has 0 saturated heterocycles. The second-order valence-corrected chi connectivity index (χ2v) is 4.48. The number of benzene rings is 2. The summed E-state index contributed by atoms with van der Waals surface area (Å²) >= 11 is 5.96. The Bertz CT molecular complexity index is 725. The Balaban J connectivity index is 2.16. The lowest BCUT2D eigenvalue weighted by molar-refractivity contribution is 0.629. The van der Waals surface area contributed by atoms with Gasteiger partial charge in [-0.15, -0.1) is 0 Å². The highest BCUT2D eigenvalue weighted by molar-refractivity contribution is 6.30. The summed E-state index contributed by atoms with van der Waals surface area (Å²) in [5.74, 6) is -0.250. The molecule has 0 radical (unpaired) electrons. The van der Waals surface area contributed by atoms with Gasteiger partial charge in [-0.25, -0.2) is 9.37 Å². The van der Waals surface area contributed by atoms with E-state index >= 15 is 0 Å². The van der Waals surface area contributed by atoms with Crippen LogP contribution in [0.2, 0.25) is 5.02 Å². The number of halogens is 2. The first-order valence-corrected chi connectivity index (χ1v) is 5.92. The molecule has 0 atom stereocenters. The molecular formula is C15H9ClFN. The van der Waals surface area contributed by atoms with Gasteiger partial charge in [0.15, 0.2) is 0 Å². The normalized spacial score (nSPS) is 10.8. The Morgan fingerprint density at radius 1 is 0.944 bits per heavy atom. The number of nitrogens with zero attached hydrogens (tertiary/aromatic N) is 1. The lowest BCUT2D eigenvalue weighted by atomic mass is 10.1. The fourth-order valence-corrected chi connectivity index (χ4v) is 2.10. The molecule has 0 aliphatic rings. The van der Waals surface area contributed by atoms with E-state index in [-0.39, 0.29) is 5.82 Å². The van der Waals surface area contributed by atoms with E-state index in [9.17, 15) is 4.39 Å². The van der Waals surface area contributed by atoms with Gasteiger partial charge in [0.05, 0.1) is 11.2 Å². The lowest BCUT2D eigenvalue weighted by Gasteiger charge is -2.03. The van der Waals surface area contributed by atoms with Crippen molar-refractivity contribution in [2.24, 2.45) is 0 Å². The molecule has 1 nitrogen and oxygen atoms in total. The second kappa shape index (κ2) is 4.39. The minimum absolute atomic E-state index is 0.250. The smallest absolute Gasteiger partial charge is 0.123 e. The Labute approximate surface area is 109 Å². The van der Waals surface area contributed by atoms with E-state index < -0.39 is 0 Å². The van der Waals surface area contributed by atoms with Gasteiger partial charge < -0.3 is 0 Å². The molecule has 3 heteroatoms. The molecule has 0 amide bonds. The molecule has 0 spiro atoms. The van der Waals surface area contributed by atoms with Crippen LogP contribution < -0.4 is 0 Å². The third kappa shape index (κ3) is 2.07. The van der Waals surface area contributed by atoms with Crippen molar-refractivity contribution in [1.29, 1.82) is 0 Å². The molecule has 0 unspecified atom stereocenters. The molecule has 0 fully saturated rings. The van der Waals surface area contributed by atoms with Crippen molar-refractivity contribution in [2.75, 3.05) is 0 Å². The first kappa shape index (κ1) is 11.2. The van der Waals surface area contributed by atoms with Crippen LogP contribution in [0.4, 0.5) is 4.39 Å². The average molecular weight is 258 g/mol. The van der Waals surface area contributed by atoms with Gasteiger partial charge in [-0.1, -0.05) is 29.8 Å². The minimum atomic E-state index is -0.250. The molecule has 88 valence electrons. The average Bonchev–Trinajstić information content (AvgIpc) is 2.38. The highest BCUT2D eigenvalue weighted by Gasteiger charge is 2.03. The monoisotopic (exact) mass is 257 g/mol. The van der Waals surface area contributed by atoms with E-state index in [2.05, 4.69) is 4.98 Å². The molecule has 0 N–H and O–H groups in total. The van der Waals surface area contributed by atoms with Crippen LogP contribution in [-0.4, -0.2) is 4.98 Å². The van der Waals surface area contributed by atoms with E-state index in [1.54, 1.807) is 6.07 Å². The number of hydrogen-bond donors (Lipinski definition) is 0. The van der Waals surface area contributed by atoms with Gasteiger partial charge in [-0.2, -0.15) is 0 Å². The molecule has 0 bridgehead atoms. The van der Waals surface area contributed by atoms with Gasteiger partial charge in [0.2, 0.25) is 0 Å². The molecule has 0 aliphatic heterocycles. The zero-order chi connectivity index (χ0) is 12.5. The maximum absolute atomic E-state index is 13.1. The van der Waals surface area contributed by atoms with E-state index in [0.29, 0.717) is 5.02 Å². The van der Waals surface area contributed by atoms with Crippen LogP contribution in [0.1, 0.15) is 0 Å². The van der Waals surface area contributed by atoms with Crippen LogP contribution in [0.3, 0.4) is 0 Å². The van der Waals surface area contributed by atoms with Crippen LogP contribution in [-0.2, 0) is 0 Å². The Hall–Kier alpha value is -1.93. The number of fused-ring (bicyclic) bond motifs is 1. The maximum Gasteiger partial charge on any atom is 0.123 e. The SMILES string of the molecule is Fc1ccc2nc(-c3cccc(Cl)c3)ccc2c1. The van der Waals surface area contributed by atoms with Crippen LogP contribution in [0.25, 0.3) is 22.2 Å². The highest BCUT2D eigenvalue weighted by Crippen LogP contribution is 2.23. The summed E-state index contributed by atoms with van der Waals surface area (Å²) in [4.78, 5) is 4.50. The van der Waals surface area contributed by atoms with Gasteiger partial charge in [-0.3, -0.25) is 0 Å². The summed E-state index contributed by atoms with van der Waals surface area (Å²) in [6.07, 6.45) is 0. The van der Waals surface area contributed by atoms with Crippen LogP contribution in [0.15, 0.2) is 54.6 Å². The van der Waals surface area contributed by atoms with Crippen molar-refractivity contribution >= 4 is 22.5 Å². The number of aromatic nitrogens is 1. The minimum Gasteiger partial charge on any atom is -0.248 e. The molecule has 1 aromatic heterocycles. The molecule has 3 rings (SSSR count).